The Balaban J connectivity index is 1.87. The second-order valence-electron chi connectivity index (χ2n) is 4.13. The van der Waals surface area contributed by atoms with E-state index in [4.69, 9.17) is 5.73 Å². The molecule has 1 aliphatic heterocycles. The Morgan fingerprint density at radius 1 is 1.40 bits per heavy atom. The largest absolute Gasteiger partial charge is 0.318 e. The number of fused-ring (bicyclic) bond motifs is 1. The van der Waals surface area contributed by atoms with Crippen LogP contribution in [0, 0.1) is 0 Å². The van der Waals surface area contributed by atoms with E-state index in [-0.39, 0.29) is 11.9 Å². The molecule has 1 saturated heterocycles. The number of hydrogen-bond acceptors (Lipinski definition) is 4. The fourth-order valence-corrected chi connectivity index (χ4v) is 3.24. The molecule has 1 fully saturated rings. The average molecular weight is 223 g/mol. The van der Waals surface area contributed by atoms with E-state index in [1.54, 1.807) is 16.2 Å². The SMILES string of the molecule is NC1CN(c2nc3c(s2)CCCC3)C1=O. The Morgan fingerprint density at radius 2 is 2.20 bits per heavy atom. The summed E-state index contributed by atoms with van der Waals surface area (Å²) in [5.41, 5.74) is 6.76. The Kier molecular flexibility index (Phi) is 2.03. The van der Waals surface area contributed by atoms with Crippen molar-refractivity contribution in [1.29, 1.82) is 0 Å². The molecule has 4 nitrogen and oxygen atoms in total. The summed E-state index contributed by atoms with van der Waals surface area (Å²) in [6.45, 7) is 0.630. The lowest BCUT2D eigenvalue weighted by Crippen LogP contribution is -2.61. The van der Waals surface area contributed by atoms with Crippen LogP contribution in [0.4, 0.5) is 5.13 Å². The molecule has 3 rings (SSSR count). The Morgan fingerprint density at radius 3 is 2.87 bits per heavy atom. The first kappa shape index (κ1) is 9.30. The molecule has 0 radical (unpaired) electrons. The summed E-state index contributed by atoms with van der Waals surface area (Å²) in [6.07, 6.45) is 4.67. The predicted molar refractivity (Wildman–Crippen MR) is 59.1 cm³/mol. The molecule has 1 aliphatic carbocycles. The molecule has 1 unspecified atom stereocenters. The highest BCUT2D eigenvalue weighted by Crippen LogP contribution is 2.33. The molecule has 0 aromatic carbocycles. The highest BCUT2D eigenvalue weighted by atomic mass is 32.1. The van der Waals surface area contributed by atoms with Gasteiger partial charge < -0.3 is 5.73 Å². The van der Waals surface area contributed by atoms with E-state index in [1.165, 1.54) is 23.4 Å². The number of aromatic nitrogens is 1. The summed E-state index contributed by atoms with van der Waals surface area (Å²) < 4.78 is 0. The fraction of sp³-hybridized carbons (Fsp3) is 0.600. The normalized spacial score (nSPS) is 25.0. The number of hydrogen-bond donors (Lipinski definition) is 1. The molecule has 1 atom stereocenters. The monoisotopic (exact) mass is 223 g/mol. The van der Waals surface area contributed by atoms with Crippen LogP contribution >= 0.6 is 11.3 Å². The minimum atomic E-state index is -0.300. The summed E-state index contributed by atoms with van der Waals surface area (Å²) in [6, 6.07) is -0.300. The van der Waals surface area contributed by atoms with E-state index in [9.17, 15) is 4.79 Å². The number of nitrogens with zero attached hydrogens (tertiary/aromatic N) is 2. The maximum absolute atomic E-state index is 11.4. The first-order valence-corrected chi connectivity index (χ1v) is 6.13. The van der Waals surface area contributed by atoms with Crippen LogP contribution in [0.3, 0.4) is 0 Å². The van der Waals surface area contributed by atoms with Crippen molar-refractivity contribution in [2.75, 3.05) is 11.4 Å². The van der Waals surface area contributed by atoms with Crippen molar-refractivity contribution in [2.45, 2.75) is 31.7 Å². The quantitative estimate of drug-likeness (QED) is 0.713. The molecule has 15 heavy (non-hydrogen) atoms. The van der Waals surface area contributed by atoms with Gasteiger partial charge in [0.15, 0.2) is 5.13 Å². The van der Waals surface area contributed by atoms with Crippen molar-refractivity contribution < 1.29 is 4.79 Å². The molecule has 2 N–H and O–H groups in total. The van der Waals surface area contributed by atoms with Crippen LogP contribution in [-0.2, 0) is 17.6 Å². The number of aryl methyl sites for hydroxylation is 2. The van der Waals surface area contributed by atoms with E-state index >= 15 is 0 Å². The molecule has 5 heteroatoms. The van der Waals surface area contributed by atoms with Gasteiger partial charge in [0.2, 0.25) is 5.91 Å². The third-order valence-electron chi connectivity index (χ3n) is 3.03. The van der Waals surface area contributed by atoms with Crippen molar-refractivity contribution >= 4 is 22.4 Å². The van der Waals surface area contributed by atoms with Crippen LogP contribution in [0.5, 0.6) is 0 Å². The molecule has 80 valence electrons. The Hall–Kier alpha value is -0.940. The first-order chi connectivity index (χ1) is 7.25. The van der Waals surface area contributed by atoms with Crippen LogP contribution in [0.1, 0.15) is 23.4 Å². The molecule has 0 bridgehead atoms. The summed E-state index contributed by atoms with van der Waals surface area (Å²) in [5, 5.41) is 0.855. The number of β-lactam (4-membered cyclic amide) rings is 1. The standard InChI is InChI=1S/C10H13N3OS/c11-6-5-13(9(6)14)10-12-7-3-1-2-4-8(7)15-10/h6H,1-5,11H2. The van der Waals surface area contributed by atoms with Crippen molar-refractivity contribution in [2.24, 2.45) is 5.73 Å². The van der Waals surface area contributed by atoms with Crippen molar-refractivity contribution in [1.82, 2.24) is 4.98 Å². The number of carbonyl (C=O) groups is 1. The van der Waals surface area contributed by atoms with Crippen LogP contribution in [0.25, 0.3) is 0 Å². The van der Waals surface area contributed by atoms with E-state index in [0.29, 0.717) is 6.54 Å². The smallest absolute Gasteiger partial charge is 0.247 e. The van der Waals surface area contributed by atoms with Gasteiger partial charge in [0, 0.05) is 4.88 Å². The van der Waals surface area contributed by atoms with Gasteiger partial charge in [0.05, 0.1) is 12.2 Å². The molecular weight excluding hydrogens is 210 g/mol. The third-order valence-corrected chi connectivity index (χ3v) is 4.21. The second kappa shape index (κ2) is 3.28. The zero-order valence-corrected chi connectivity index (χ0v) is 9.22. The number of carbonyl (C=O) groups excluding carboxylic acids is 1. The van der Waals surface area contributed by atoms with E-state index in [0.717, 1.165) is 18.0 Å². The second-order valence-corrected chi connectivity index (χ2v) is 5.19. The molecule has 2 heterocycles. The zero-order chi connectivity index (χ0) is 10.4. The number of nitrogens with two attached hydrogens (primary N) is 1. The minimum absolute atomic E-state index is 0.0149. The molecule has 1 aromatic rings. The third kappa shape index (κ3) is 1.38. The molecule has 2 aliphatic rings. The highest BCUT2D eigenvalue weighted by Gasteiger charge is 2.36. The van der Waals surface area contributed by atoms with Crippen LogP contribution in [-0.4, -0.2) is 23.5 Å². The predicted octanol–water partition coefficient (Wildman–Crippen LogP) is 0.696. The topological polar surface area (TPSA) is 59.2 Å². The molecule has 0 spiro atoms. The molecule has 0 saturated carbocycles. The first-order valence-electron chi connectivity index (χ1n) is 5.31. The van der Waals surface area contributed by atoms with Crippen LogP contribution < -0.4 is 10.6 Å². The zero-order valence-electron chi connectivity index (χ0n) is 8.40. The molecule has 1 amide bonds. The number of amides is 1. The summed E-state index contributed by atoms with van der Waals surface area (Å²) in [4.78, 5) is 19.0. The van der Waals surface area contributed by atoms with Gasteiger partial charge in [-0.2, -0.15) is 0 Å². The van der Waals surface area contributed by atoms with Gasteiger partial charge in [-0.3, -0.25) is 9.69 Å². The molecule has 1 aromatic heterocycles. The van der Waals surface area contributed by atoms with Crippen molar-refractivity contribution in [3.63, 3.8) is 0 Å². The average Bonchev–Trinajstić information content (AvgIpc) is 2.67. The minimum Gasteiger partial charge on any atom is -0.318 e. The van der Waals surface area contributed by atoms with Crippen LogP contribution in [0.15, 0.2) is 0 Å². The molecular formula is C10H13N3OS. The van der Waals surface area contributed by atoms with E-state index in [2.05, 4.69) is 4.98 Å². The van der Waals surface area contributed by atoms with Crippen LogP contribution in [0.2, 0.25) is 0 Å². The van der Waals surface area contributed by atoms with E-state index in [1.807, 2.05) is 0 Å². The number of thiazole rings is 1. The van der Waals surface area contributed by atoms with Gasteiger partial charge in [-0.25, -0.2) is 4.98 Å². The maximum atomic E-state index is 11.4. The summed E-state index contributed by atoms with van der Waals surface area (Å²) in [7, 11) is 0. The Bertz CT molecular complexity index is 391. The van der Waals surface area contributed by atoms with Gasteiger partial charge in [0.25, 0.3) is 0 Å². The number of anilines is 1. The fourth-order valence-electron chi connectivity index (χ4n) is 2.08. The van der Waals surface area contributed by atoms with Gasteiger partial charge in [-0.1, -0.05) is 0 Å². The van der Waals surface area contributed by atoms with E-state index < -0.39 is 0 Å². The van der Waals surface area contributed by atoms with Gasteiger partial charge in [-0.05, 0) is 25.7 Å². The van der Waals surface area contributed by atoms with Crippen molar-refractivity contribution in [3.8, 4) is 0 Å². The lowest BCUT2D eigenvalue weighted by molar-refractivity contribution is -0.123. The lowest BCUT2D eigenvalue weighted by atomic mass is 10.0. The summed E-state index contributed by atoms with van der Waals surface area (Å²) in [5.74, 6) is 0.0149. The van der Waals surface area contributed by atoms with Gasteiger partial charge >= 0.3 is 0 Å². The lowest BCUT2D eigenvalue weighted by Gasteiger charge is -2.33. The summed E-state index contributed by atoms with van der Waals surface area (Å²) >= 11 is 1.66. The van der Waals surface area contributed by atoms with Crippen molar-refractivity contribution in [3.05, 3.63) is 10.6 Å². The maximum Gasteiger partial charge on any atom is 0.247 e. The highest BCUT2D eigenvalue weighted by molar-refractivity contribution is 7.16. The number of rotatable bonds is 1. The van der Waals surface area contributed by atoms with Gasteiger partial charge in [0.1, 0.15) is 6.04 Å². The van der Waals surface area contributed by atoms with Gasteiger partial charge in [-0.15, -0.1) is 11.3 Å². The Labute approximate surface area is 92.1 Å².